The van der Waals surface area contributed by atoms with Gasteiger partial charge in [0, 0.05) is 121 Å². The highest BCUT2D eigenvalue weighted by atomic mass is 32.1. The van der Waals surface area contributed by atoms with E-state index < -0.39 is 0 Å². The molecule has 14 nitrogen and oxygen atoms in total. The van der Waals surface area contributed by atoms with Crippen LogP contribution >= 0.6 is 11.3 Å². The molecule has 30 aromatic rings. The van der Waals surface area contributed by atoms with Gasteiger partial charge in [0.25, 0.3) is 0 Å². The summed E-state index contributed by atoms with van der Waals surface area (Å²) in [6, 6.07) is 159. The molecule has 0 spiro atoms. The van der Waals surface area contributed by atoms with Crippen LogP contribution in [0.25, 0.3) is 281 Å². The maximum Gasteiger partial charge on any atom is 0.164 e. The molecule has 0 aliphatic rings. The number of nitrogens with zero attached hydrogens (tertiary/aromatic N) is 14. The Morgan fingerprint density at radius 3 is 0.993 bits per heavy atom. The summed E-state index contributed by atoms with van der Waals surface area (Å²) >= 11 is 1.83. The molecule has 0 radical (unpaired) electrons. The lowest BCUT2D eigenvalue weighted by Gasteiger charge is -2.14. The number of imidazole rings is 3. The van der Waals surface area contributed by atoms with Crippen LogP contribution in [0, 0.1) is 0 Å². The lowest BCUT2D eigenvalue weighted by Crippen LogP contribution is -2.00. The molecule has 0 unspecified atom stereocenters. The standard InChI is InChI=1S/2C44H27N5.C41H24N4S/c1-3-13-28(14-4-1)42-46-43(29-15-5-2-6-16-29)48-44(47-42)37-25-24-31(32-17-7-8-18-33(32)37)30-22-23-36-38(27-30)34-19-9-10-20-35(34)40-41(36)49-26-12-11-21-39(49)45-40;1-2-11-30(12-3-1)42-46-43(48-44(47-42)34-22-19-28-10-4-5-13-32(28)26-34)31-20-17-29(18-21-31)33-23-24-37-38(27-33)35-14-6-7-15-36(35)40-41(37)49-25-9-8-16-39(49)45-40;1-2-10-25(11-3-1)34-24-35(26-18-20-37-33(22-26)29-13-6-7-15-36(29)46-37)43-41(42-34)27-17-19-31-32(23-27)28-12-4-5-14-30(28)39-40(31)45-21-9-8-16-38(45)44-39/h2*1-27H;1-24H. The fraction of sp³-hybridized carbons (Fsp3) is 0. The third-order valence-corrected chi connectivity index (χ3v) is 29.0. The molecule has 0 amide bonds. The zero-order valence-electron chi connectivity index (χ0n) is 77.2. The Bertz CT molecular complexity index is 10400. The summed E-state index contributed by atoms with van der Waals surface area (Å²) in [6.45, 7) is 0. The van der Waals surface area contributed by atoms with Crippen molar-refractivity contribution in [1.29, 1.82) is 0 Å². The molecular formula is C129H78N14S. The molecule has 0 bridgehead atoms. The average molecular weight is 1860 g/mol. The molecule has 30 rings (SSSR count). The van der Waals surface area contributed by atoms with Crippen LogP contribution in [0.15, 0.2) is 474 Å². The summed E-state index contributed by atoms with van der Waals surface area (Å²) in [7, 11) is 0. The molecule has 144 heavy (non-hydrogen) atoms. The van der Waals surface area contributed by atoms with E-state index in [0.717, 1.165) is 177 Å². The van der Waals surface area contributed by atoms with E-state index in [1.54, 1.807) is 0 Å². The number of rotatable bonds is 11. The van der Waals surface area contributed by atoms with Crippen LogP contribution in [0.1, 0.15) is 0 Å². The maximum atomic E-state index is 5.23. The van der Waals surface area contributed by atoms with Crippen LogP contribution in [-0.4, -0.2) is 68.0 Å². The highest BCUT2D eigenvalue weighted by Crippen LogP contribution is 2.46. The number of fused-ring (bicyclic) bond motifs is 29. The van der Waals surface area contributed by atoms with Gasteiger partial charge in [-0.05, 0) is 167 Å². The molecule has 0 saturated heterocycles. The second kappa shape index (κ2) is 34.4. The zero-order chi connectivity index (χ0) is 94.8. The number of aromatic nitrogens is 14. The first-order valence-electron chi connectivity index (χ1n) is 48.2. The van der Waals surface area contributed by atoms with Gasteiger partial charge in [0.05, 0.1) is 44.5 Å². The van der Waals surface area contributed by atoms with Crippen molar-refractivity contribution >= 4 is 168 Å². The van der Waals surface area contributed by atoms with E-state index in [9.17, 15) is 0 Å². The van der Waals surface area contributed by atoms with E-state index in [1.165, 1.54) is 63.3 Å². The molecule has 670 valence electrons. The van der Waals surface area contributed by atoms with E-state index in [0.29, 0.717) is 40.8 Å². The molecule has 15 heteroatoms. The molecule has 0 aliphatic heterocycles. The third-order valence-electron chi connectivity index (χ3n) is 27.9. The Labute approximate surface area is 827 Å². The average Bonchev–Trinajstić information content (AvgIpc) is 1.53. The van der Waals surface area contributed by atoms with E-state index >= 15 is 0 Å². The molecule has 0 N–H and O–H groups in total. The Morgan fingerprint density at radius 2 is 0.479 bits per heavy atom. The molecule has 10 heterocycles. The number of hydrogen-bond donors (Lipinski definition) is 0. The second-order valence-corrected chi connectivity index (χ2v) is 37.4. The minimum atomic E-state index is 0.642. The van der Waals surface area contributed by atoms with Gasteiger partial charge >= 0.3 is 0 Å². The van der Waals surface area contributed by atoms with E-state index in [2.05, 4.69) is 372 Å². The van der Waals surface area contributed by atoms with Gasteiger partial charge in [-0.15, -0.1) is 11.3 Å². The summed E-state index contributed by atoms with van der Waals surface area (Å²) in [5.74, 6) is 4.60. The first kappa shape index (κ1) is 82.9. The highest BCUT2D eigenvalue weighted by molar-refractivity contribution is 7.25. The molecule has 10 aromatic heterocycles. The van der Waals surface area contributed by atoms with Gasteiger partial charge in [-0.2, -0.15) is 0 Å². The largest absolute Gasteiger partial charge is 0.299 e. The quantitative estimate of drug-likeness (QED) is 0.114. The van der Waals surface area contributed by atoms with Crippen molar-refractivity contribution in [3.63, 3.8) is 0 Å². The van der Waals surface area contributed by atoms with Crippen molar-refractivity contribution < 1.29 is 0 Å². The number of hydrogen-bond acceptors (Lipinski definition) is 12. The van der Waals surface area contributed by atoms with Gasteiger partial charge in [0.1, 0.15) is 16.9 Å². The predicted molar refractivity (Wildman–Crippen MR) is 593 cm³/mol. The minimum absolute atomic E-state index is 0.642. The topological polar surface area (TPSA) is 155 Å². The van der Waals surface area contributed by atoms with Crippen LogP contribution in [0.2, 0.25) is 0 Å². The normalized spacial score (nSPS) is 11.8. The molecule has 0 saturated carbocycles. The Balaban J connectivity index is 0.000000105. The van der Waals surface area contributed by atoms with Crippen molar-refractivity contribution in [2.24, 2.45) is 0 Å². The van der Waals surface area contributed by atoms with Crippen molar-refractivity contribution in [3.05, 3.63) is 474 Å². The van der Waals surface area contributed by atoms with E-state index in [-0.39, 0.29) is 0 Å². The fourth-order valence-electron chi connectivity index (χ4n) is 21.0. The van der Waals surface area contributed by atoms with Gasteiger partial charge in [0.15, 0.2) is 40.8 Å². The third kappa shape index (κ3) is 14.3. The van der Waals surface area contributed by atoms with Gasteiger partial charge in [-0.1, -0.05) is 364 Å². The summed E-state index contributed by atoms with van der Waals surface area (Å²) in [5, 5.41) is 21.2. The first-order valence-corrected chi connectivity index (χ1v) is 49.0. The van der Waals surface area contributed by atoms with Crippen LogP contribution in [0.3, 0.4) is 0 Å². The number of pyridine rings is 3. The van der Waals surface area contributed by atoms with E-state index in [1.807, 2.05) is 127 Å². The molecule has 0 atom stereocenters. The minimum Gasteiger partial charge on any atom is -0.299 e. The van der Waals surface area contributed by atoms with Gasteiger partial charge in [-0.3, -0.25) is 13.2 Å². The highest BCUT2D eigenvalue weighted by Gasteiger charge is 2.25. The van der Waals surface area contributed by atoms with Crippen molar-refractivity contribution in [1.82, 2.24) is 68.0 Å². The Kier molecular flexibility index (Phi) is 19.8. The van der Waals surface area contributed by atoms with Gasteiger partial charge < -0.3 is 0 Å². The van der Waals surface area contributed by atoms with Crippen molar-refractivity contribution in [2.75, 3.05) is 0 Å². The predicted octanol–water partition coefficient (Wildman–Crippen LogP) is 32.6. The van der Waals surface area contributed by atoms with Gasteiger partial charge in [0.2, 0.25) is 0 Å². The van der Waals surface area contributed by atoms with Crippen LogP contribution < -0.4 is 0 Å². The fourth-order valence-corrected chi connectivity index (χ4v) is 22.1. The van der Waals surface area contributed by atoms with E-state index in [4.69, 9.17) is 54.8 Å². The number of benzene rings is 20. The van der Waals surface area contributed by atoms with Crippen LogP contribution in [-0.2, 0) is 0 Å². The number of thiophene rings is 1. The first-order chi connectivity index (χ1) is 71.3. The van der Waals surface area contributed by atoms with Crippen LogP contribution in [0.5, 0.6) is 0 Å². The lowest BCUT2D eigenvalue weighted by atomic mass is 9.92. The SMILES string of the molecule is c1ccc(-c2cc(-c3ccc4sc5ccccc5c4c3)nc(-c3ccc4c(c3)c3ccccc3c3nc5ccccn5c43)n2)cc1.c1ccc(-c2nc(-c3ccc(-c4ccc5c(c4)c4ccccc4c4nc6ccccn6c54)cc3)nc(-c3ccc4ccccc4c3)n2)cc1.c1ccc(-c2nc(-c3ccccc3)nc(-c3ccc(-c4ccc5c(c4)c4ccccc4c4nc6ccccn6c54)c4ccccc34)n2)cc1. The Hall–Kier alpha value is -19.4. The Morgan fingerprint density at radius 1 is 0.153 bits per heavy atom. The summed E-state index contributed by atoms with van der Waals surface area (Å²) in [4.78, 5) is 55.4. The molecule has 0 aliphatic carbocycles. The monoisotopic (exact) mass is 1850 g/mol. The molecule has 0 fully saturated rings. The smallest absolute Gasteiger partial charge is 0.164 e. The van der Waals surface area contributed by atoms with Crippen molar-refractivity contribution in [3.8, 4) is 124 Å². The second-order valence-electron chi connectivity index (χ2n) is 36.3. The van der Waals surface area contributed by atoms with Crippen LogP contribution in [0.4, 0.5) is 0 Å². The summed E-state index contributed by atoms with van der Waals surface area (Å²) in [5.41, 5.74) is 24.5. The summed E-state index contributed by atoms with van der Waals surface area (Å²) in [6.07, 6.45) is 6.30. The molecule has 20 aromatic carbocycles. The summed E-state index contributed by atoms with van der Waals surface area (Å²) < 4.78 is 9.17. The van der Waals surface area contributed by atoms with Gasteiger partial charge in [-0.25, -0.2) is 54.8 Å². The van der Waals surface area contributed by atoms with Crippen molar-refractivity contribution in [2.45, 2.75) is 0 Å². The molecular weight excluding hydrogens is 1780 g/mol. The lowest BCUT2D eigenvalue weighted by molar-refractivity contribution is 1.07. The zero-order valence-corrected chi connectivity index (χ0v) is 78.0. The maximum absolute atomic E-state index is 5.23.